The van der Waals surface area contributed by atoms with Gasteiger partial charge in [-0.3, -0.25) is 0 Å². The molecule has 0 aromatic heterocycles. The van der Waals surface area contributed by atoms with Crippen LogP contribution in [0.4, 0.5) is 0 Å². The standard InChI is InChI=1S/C11H12O4/c1-14-9-4-2-3-7-5-8(6-12)15-11(13)10(7)9/h2-4,8,12H,5-6H2,1H3/t8-/m0/s1. The summed E-state index contributed by atoms with van der Waals surface area (Å²) in [4.78, 5) is 11.6. The molecular formula is C11H12O4. The van der Waals surface area contributed by atoms with Gasteiger partial charge < -0.3 is 14.6 Å². The Morgan fingerprint density at radius 1 is 1.60 bits per heavy atom. The number of aliphatic hydroxyl groups is 1. The molecule has 1 N–H and O–H groups in total. The Balaban J connectivity index is 2.44. The van der Waals surface area contributed by atoms with Gasteiger partial charge in [-0.2, -0.15) is 0 Å². The number of hydrogen-bond donors (Lipinski definition) is 1. The molecule has 0 bridgehead atoms. The molecule has 1 aliphatic rings. The highest BCUT2D eigenvalue weighted by atomic mass is 16.6. The summed E-state index contributed by atoms with van der Waals surface area (Å²) in [7, 11) is 1.51. The van der Waals surface area contributed by atoms with Crippen LogP contribution in [-0.2, 0) is 11.2 Å². The fourth-order valence-electron chi connectivity index (χ4n) is 1.75. The van der Waals surface area contributed by atoms with Crippen LogP contribution in [0.25, 0.3) is 0 Å². The highest BCUT2D eigenvalue weighted by Crippen LogP contribution is 2.28. The molecule has 1 heterocycles. The fourth-order valence-corrected chi connectivity index (χ4v) is 1.75. The summed E-state index contributed by atoms with van der Waals surface area (Å²) in [6.45, 7) is -0.150. The second kappa shape index (κ2) is 3.90. The Kier molecular flexibility index (Phi) is 2.60. The van der Waals surface area contributed by atoms with Crippen LogP contribution in [0.2, 0.25) is 0 Å². The molecule has 0 radical (unpaired) electrons. The van der Waals surface area contributed by atoms with Crippen LogP contribution >= 0.6 is 0 Å². The molecule has 2 rings (SSSR count). The molecule has 1 atom stereocenters. The third-order valence-corrected chi connectivity index (χ3v) is 2.46. The van der Waals surface area contributed by atoms with E-state index in [0.717, 1.165) is 5.56 Å². The molecule has 1 aliphatic heterocycles. The Bertz CT molecular complexity index is 386. The minimum absolute atomic E-state index is 0.150. The van der Waals surface area contributed by atoms with Crippen LogP contribution < -0.4 is 4.74 Å². The summed E-state index contributed by atoms with van der Waals surface area (Å²) in [5.74, 6) is 0.0987. The third kappa shape index (κ3) is 1.68. The number of rotatable bonds is 2. The lowest BCUT2D eigenvalue weighted by molar-refractivity contribution is 0.00897. The summed E-state index contributed by atoms with van der Waals surface area (Å²) < 4.78 is 10.1. The van der Waals surface area contributed by atoms with Crippen molar-refractivity contribution in [2.24, 2.45) is 0 Å². The lowest BCUT2D eigenvalue weighted by Gasteiger charge is -2.24. The van der Waals surface area contributed by atoms with E-state index in [-0.39, 0.29) is 6.61 Å². The van der Waals surface area contributed by atoms with E-state index in [0.29, 0.717) is 17.7 Å². The highest BCUT2D eigenvalue weighted by Gasteiger charge is 2.28. The van der Waals surface area contributed by atoms with Crippen molar-refractivity contribution in [2.45, 2.75) is 12.5 Å². The summed E-state index contributed by atoms with van der Waals surface area (Å²) in [6.07, 6.45) is 0.103. The predicted molar refractivity (Wildman–Crippen MR) is 53.0 cm³/mol. The van der Waals surface area contributed by atoms with Gasteiger partial charge in [0.25, 0.3) is 0 Å². The maximum absolute atomic E-state index is 11.6. The van der Waals surface area contributed by atoms with Gasteiger partial charge in [0.1, 0.15) is 17.4 Å². The Hall–Kier alpha value is -1.55. The minimum atomic E-state index is -0.433. The Labute approximate surface area is 87.4 Å². The number of carbonyl (C=O) groups excluding carboxylic acids is 1. The number of esters is 1. The summed E-state index contributed by atoms with van der Waals surface area (Å²) in [5, 5.41) is 8.95. The van der Waals surface area contributed by atoms with Crippen molar-refractivity contribution in [3.8, 4) is 5.75 Å². The first-order chi connectivity index (χ1) is 7.26. The van der Waals surface area contributed by atoms with Gasteiger partial charge in [0.05, 0.1) is 13.7 Å². The van der Waals surface area contributed by atoms with Crippen molar-refractivity contribution in [1.29, 1.82) is 0 Å². The van der Waals surface area contributed by atoms with Crippen LogP contribution in [0.5, 0.6) is 5.75 Å². The van der Waals surface area contributed by atoms with Gasteiger partial charge in [0, 0.05) is 6.42 Å². The molecule has 1 aromatic carbocycles. The SMILES string of the molecule is COc1cccc2c1C(=O)O[C@H](CO)C2. The third-order valence-electron chi connectivity index (χ3n) is 2.46. The first-order valence-corrected chi connectivity index (χ1v) is 4.74. The van der Waals surface area contributed by atoms with Gasteiger partial charge in [0.2, 0.25) is 0 Å². The maximum Gasteiger partial charge on any atom is 0.342 e. The topological polar surface area (TPSA) is 55.8 Å². The van der Waals surface area contributed by atoms with E-state index < -0.39 is 12.1 Å². The number of benzene rings is 1. The summed E-state index contributed by atoms with van der Waals surface area (Å²) >= 11 is 0. The second-order valence-electron chi connectivity index (χ2n) is 3.41. The molecule has 15 heavy (non-hydrogen) atoms. The largest absolute Gasteiger partial charge is 0.496 e. The Morgan fingerprint density at radius 2 is 2.40 bits per heavy atom. The summed E-state index contributed by atoms with van der Waals surface area (Å²) in [5.41, 5.74) is 1.34. The van der Waals surface area contributed by atoms with Crippen molar-refractivity contribution in [1.82, 2.24) is 0 Å². The smallest absolute Gasteiger partial charge is 0.342 e. The van der Waals surface area contributed by atoms with Gasteiger partial charge in [-0.25, -0.2) is 4.79 Å². The first kappa shape index (κ1) is 9.98. The Morgan fingerprint density at radius 3 is 3.07 bits per heavy atom. The molecular weight excluding hydrogens is 196 g/mol. The highest BCUT2D eigenvalue weighted by molar-refractivity contribution is 5.95. The average Bonchev–Trinajstić information content (AvgIpc) is 2.27. The van der Waals surface area contributed by atoms with Crippen LogP contribution in [0.3, 0.4) is 0 Å². The zero-order valence-corrected chi connectivity index (χ0v) is 8.40. The average molecular weight is 208 g/mol. The summed E-state index contributed by atoms with van der Waals surface area (Å²) in [6, 6.07) is 5.39. The van der Waals surface area contributed by atoms with Gasteiger partial charge in [-0.05, 0) is 11.6 Å². The lowest BCUT2D eigenvalue weighted by Crippen LogP contribution is -2.30. The van der Waals surface area contributed by atoms with Gasteiger partial charge >= 0.3 is 5.97 Å². The van der Waals surface area contributed by atoms with Crippen LogP contribution in [-0.4, -0.2) is 30.9 Å². The molecule has 0 unspecified atom stereocenters. The van der Waals surface area contributed by atoms with E-state index in [1.807, 2.05) is 12.1 Å². The molecule has 0 amide bonds. The molecule has 4 heteroatoms. The van der Waals surface area contributed by atoms with Crippen LogP contribution in [0.1, 0.15) is 15.9 Å². The van der Waals surface area contributed by atoms with E-state index in [4.69, 9.17) is 14.6 Å². The number of hydrogen-bond acceptors (Lipinski definition) is 4. The molecule has 1 aromatic rings. The molecule has 0 saturated heterocycles. The fraction of sp³-hybridized carbons (Fsp3) is 0.364. The quantitative estimate of drug-likeness (QED) is 0.729. The van der Waals surface area contributed by atoms with E-state index in [1.165, 1.54) is 7.11 Å². The zero-order valence-electron chi connectivity index (χ0n) is 8.40. The van der Waals surface area contributed by atoms with E-state index in [1.54, 1.807) is 6.07 Å². The van der Waals surface area contributed by atoms with Gasteiger partial charge in [-0.1, -0.05) is 12.1 Å². The van der Waals surface area contributed by atoms with Crippen molar-refractivity contribution >= 4 is 5.97 Å². The van der Waals surface area contributed by atoms with E-state index in [2.05, 4.69) is 0 Å². The normalized spacial score (nSPS) is 19.3. The molecule has 0 spiro atoms. The number of methoxy groups -OCH3 is 1. The van der Waals surface area contributed by atoms with Gasteiger partial charge in [0.15, 0.2) is 0 Å². The monoisotopic (exact) mass is 208 g/mol. The van der Waals surface area contributed by atoms with Crippen molar-refractivity contribution in [2.75, 3.05) is 13.7 Å². The van der Waals surface area contributed by atoms with Crippen molar-refractivity contribution < 1.29 is 19.4 Å². The predicted octanol–water partition coefficient (Wildman–Crippen LogP) is 0.769. The number of cyclic esters (lactones) is 1. The number of aliphatic hydroxyl groups excluding tert-OH is 1. The van der Waals surface area contributed by atoms with Crippen LogP contribution in [0, 0.1) is 0 Å². The van der Waals surface area contributed by atoms with E-state index >= 15 is 0 Å². The van der Waals surface area contributed by atoms with E-state index in [9.17, 15) is 4.79 Å². The van der Waals surface area contributed by atoms with Crippen molar-refractivity contribution in [3.63, 3.8) is 0 Å². The second-order valence-corrected chi connectivity index (χ2v) is 3.41. The van der Waals surface area contributed by atoms with Crippen LogP contribution in [0.15, 0.2) is 18.2 Å². The number of fused-ring (bicyclic) bond motifs is 1. The molecule has 0 saturated carbocycles. The minimum Gasteiger partial charge on any atom is -0.496 e. The maximum atomic E-state index is 11.6. The number of ether oxygens (including phenoxy) is 2. The molecule has 80 valence electrons. The molecule has 4 nitrogen and oxygen atoms in total. The number of carbonyl (C=O) groups is 1. The molecule has 0 fully saturated rings. The first-order valence-electron chi connectivity index (χ1n) is 4.74. The molecule has 0 aliphatic carbocycles. The van der Waals surface area contributed by atoms with Crippen molar-refractivity contribution in [3.05, 3.63) is 29.3 Å². The lowest BCUT2D eigenvalue weighted by atomic mass is 9.98. The van der Waals surface area contributed by atoms with Gasteiger partial charge in [-0.15, -0.1) is 0 Å². The zero-order chi connectivity index (χ0) is 10.8.